The highest BCUT2D eigenvalue weighted by atomic mass is 32.2. The van der Waals surface area contributed by atoms with Crippen molar-refractivity contribution in [3.8, 4) is 11.3 Å². The molecule has 1 aliphatic rings. The number of thioether (sulfide) groups is 1. The van der Waals surface area contributed by atoms with E-state index >= 15 is 0 Å². The molecule has 3 rings (SSSR count). The summed E-state index contributed by atoms with van der Waals surface area (Å²) in [7, 11) is 1.85. The molecule has 1 fully saturated rings. The molecule has 0 radical (unpaired) electrons. The van der Waals surface area contributed by atoms with Crippen LogP contribution in [0.2, 0.25) is 0 Å². The fourth-order valence-corrected chi connectivity index (χ4v) is 4.28. The van der Waals surface area contributed by atoms with Crippen LogP contribution in [0.25, 0.3) is 11.3 Å². The molecule has 2 heterocycles. The summed E-state index contributed by atoms with van der Waals surface area (Å²) in [5, 5.41) is 4.12. The van der Waals surface area contributed by atoms with Gasteiger partial charge in [0, 0.05) is 31.1 Å². The van der Waals surface area contributed by atoms with Crippen molar-refractivity contribution in [1.82, 2.24) is 20.2 Å². The highest BCUT2D eigenvalue weighted by Crippen LogP contribution is 2.24. The second-order valence-corrected chi connectivity index (χ2v) is 7.96. The molecule has 2 N–H and O–H groups in total. The maximum Gasteiger partial charge on any atom is 0.194 e. The normalized spacial score (nSPS) is 18.6. The number of rotatable bonds is 4. The van der Waals surface area contributed by atoms with E-state index in [-0.39, 0.29) is 0 Å². The first-order valence-corrected chi connectivity index (χ1v) is 9.88. The minimum Gasteiger partial charge on any atom is -0.349 e. The minimum atomic E-state index is 0.648. The van der Waals surface area contributed by atoms with E-state index in [4.69, 9.17) is 0 Å². The van der Waals surface area contributed by atoms with E-state index in [1.807, 2.05) is 31.4 Å². The van der Waals surface area contributed by atoms with Crippen LogP contribution in [0.1, 0.15) is 19.7 Å². The topological polar surface area (TPSA) is 56.3 Å². The van der Waals surface area contributed by atoms with Crippen LogP contribution in [0.15, 0.2) is 41.5 Å². The zero-order valence-electron chi connectivity index (χ0n) is 15.2. The number of nitrogens with one attached hydrogen (secondary N) is 2. The minimum absolute atomic E-state index is 0.648. The summed E-state index contributed by atoms with van der Waals surface area (Å²) in [5.74, 6) is 3.72. The molecule has 1 aromatic heterocycles. The van der Waals surface area contributed by atoms with Crippen molar-refractivity contribution in [2.45, 2.75) is 25.6 Å². The van der Waals surface area contributed by atoms with Crippen molar-refractivity contribution < 1.29 is 0 Å². The molecule has 2 aromatic rings. The molecule has 0 aliphatic carbocycles. The van der Waals surface area contributed by atoms with Gasteiger partial charge in [0.25, 0.3) is 0 Å². The van der Waals surface area contributed by atoms with E-state index in [0.29, 0.717) is 17.7 Å². The predicted octanol–water partition coefficient (Wildman–Crippen LogP) is 3.23. The molecule has 0 amide bonds. The van der Waals surface area contributed by atoms with Gasteiger partial charge in [-0.25, -0.2) is 4.98 Å². The fourth-order valence-electron chi connectivity index (χ4n) is 2.98. The van der Waals surface area contributed by atoms with Crippen LogP contribution in [-0.2, 0) is 6.54 Å². The van der Waals surface area contributed by atoms with Gasteiger partial charge in [0.2, 0.25) is 0 Å². The Bertz CT molecular complexity index is 695. The summed E-state index contributed by atoms with van der Waals surface area (Å²) in [6, 6.07) is 10.3. The van der Waals surface area contributed by atoms with Gasteiger partial charge in [0.1, 0.15) is 5.82 Å². The number of hydrogen-bond acceptors (Lipinski definition) is 3. The molecule has 1 aliphatic heterocycles. The summed E-state index contributed by atoms with van der Waals surface area (Å²) in [4.78, 5) is 14.7. The second kappa shape index (κ2) is 8.43. The standard InChI is InChI=1S/C19H27N5S/c1-14(2)17-13-24(9-10-25-17)19(20-3)22-12-18-21-11-16(23-18)15-7-5-4-6-8-15/h4-8,11,14,17H,9-10,12-13H2,1-3H3,(H,20,22)(H,21,23). The average molecular weight is 358 g/mol. The lowest BCUT2D eigenvalue weighted by atomic mass is 10.1. The summed E-state index contributed by atoms with van der Waals surface area (Å²) < 4.78 is 0. The molecule has 134 valence electrons. The van der Waals surface area contributed by atoms with Crippen molar-refractivity contribution in [3.63, 3.8) is 0 Å². The highest BCUT2D eigenvalue weighted by molar-refractivity contribution is 8.00. The van der Waals surface area contributed by atoms with Crippen molar-refractivity contribution in [2.75, 3.05) is 25.9 Å². The van der Waals surface area contributed by atoms with Gasteiger partial charge in [-0.3, -0.25) is 4.99 Å². The van der Waals surface area contributed by atoms with Crippen LogP contribution in [0.5, 0.6) is 0 Å². The summed E-state index contributed by atoms with van der Waals surface area (Å²) in [6.45, 7) is 7.34. The van der Waals surface area contributed by atoms with Crippen LogP contribution in [0.3, 0.4) is 0 Å². The monoisotopic (exact) mass is 357 g/mol. The van der Waals surface area contributed by atoms with Crippen molar-refractivity contribution >= 4 is 17.7 Å². The number of benzene rings is 1. The van der Waals surface area contributed by atoms with Gasteiger partial charge < -0.3 is 15.2 Å². The van der Waals surface area contributed by atoms with Crippen LogP contribution < -0.4 is 5.32 Å². The average Bonchev–Trinajstić information content (AvgIpc) is 3.12. The third kappa shape index (κ3) is 4.57. The first-order chi connectivity index (χ1) is 12.2. The molecule has 1 unspecified atom stereocenters. The summed E-state index contributed by atoms with van der Waals surface area (Å²) in [6.07, 6.45) is 1.89. The number of aromatic nitrogens is 2. The molecule has 5 nitrogen and oxygen atoms in total. The fraction of sp³-hybridized carbons (Fsp3) is 0.474. The second-order valence-electron chi connectivity index (χ2n) is 6.61. The summed E-state index contributed by atoms with van der Waals surface area (Å²) >= 11 is 2.08. The lowest BCUT2D eigenvalue weighted by molar-refractivity contribution is 0.380. The van der Waals surface area contributed by atoms with Gasteiger partial charge in [-0.2, -0.15) is 11.8 Å². The van der Waals surface area contributed by atoms with E-state index in [9.17, 15) is 0 Å². The molecular formula is C19H27N5S. The van der Waals surface area contributed by atoms with Crippen molar-refractivity contribution in [2.24, 2.45) is 10.9 Å². The molecule has 25 heavy (non-hydrogen) atoms. The van der Waals surface area contributed by atoms with Crippen molar-refractivity contribution in [1.29, 1.82) is 0 Å². The lowest BCUT2D eigenvalue weighted by Gasteiger charge is -2.36. The van der Waals surface area contributed by atoms with Crippen molar-refractivity contribution in [3.05, 3.63) is 42.4 Å². The number of aromatic amines is 1. The Morgan fingerprint density at radius 1 is 1.40 bits per heavy atom. The number of aliphatic imine (C=N–C) groups is 1. The van der Waals surface area contributed by atoms with Gasteiger partial charge in [0.05, 0.1) is 18.4 Å². The van der Waals surface area contributed by atoms with Crippen LogP contribution in [-0.4, -0.2) is 52.0 Å². The Morgan fingerprint density at radius 2 is 2.20 bits per heavy atom. The Hall–Kier alpha value is -1.95. The third-order valence-corrected chi connectivity index (χ3v) is 6.02. The van der Waals surface area contributed by atoms with Gasteiger partial charge in [-0.1, -0.05) is 44.2 Å². The Kier molecular flexibility index (Phi) is 6.02. The summed E-state index contributed by atoms with van der Waals surface area (Å²) in [5.41, 5.74) is 2.19. The predicted molar refractivity (Wildman–Crippen MR) is 107 cm³/mol. The molecule has 0 bridgehead atoms. The Balaban J connectivity index is 1.59. The largest absolute Gasteiger partial charge is 0.349 e. The first-order valence-electron chi connectivity index (χ1n) is 8.84. The van der Waals surface area contributed by atoms with Gasteiger partial charge >= 0.3 is 0 Å². The molecule has 0 spiro atoms. The molecular weight excluding hydrogens is 330 g/mol. The first kappa shape index (κ1) is 17.9. The van der Waals surface area contributed by atoms with E-state index in [1.165, 1.54) is 0 Å². The van der Waals surface area contributed by atoms with E-state index in [2.05, 4.69) is 62.9 Å². The zero-order valence-corrected chi connectivity index (χ0v) is 16.0. The number of guanidine groups is 1. The highest BCUT2D eigenvalue weighted by Gasteiger charge is 2.24. The van der Waals surface area contributed by atoms with E-state index < -0.39 is 0 Å². The number of nitrogens with zero attached hydrogens (tertiary/aromatic N) is 3. The third-order valence-electron chi connectivity index (χ3n) is 4.48. The molecule has 0 saturated carbocycles. The van der Waals surface area contributed by atoms with Gasteiger partial charge in [0.15, 0.2) is 5.96 Å². The Morgan fingerprint density at radius 3 is 2.92 bits per heavy atom. The molecule has 1 saturated heterocycles. The maximum absolute atomic E-state index is 4.49. The SMILES string of the molecule is CN=C(NCc1ncc(-c2ccccc2)[nH]1)N1CCSC(C(C)C)C1. The maximum atomic E-state index is 4.49. The molecule has 1 atom stereocenters. The quantitative estimate of drug-likeness (QED) is 0.652. The number of hydrogen-bond donors (Lipinski definition) is 2. The zero-order chi connectivity index (χ0) is 17.6. The van der Waals surface area contributed by atoms with Crippen LogP contribution in [0.4, 0.5) is 0 Å². The van der Waals surface area contributed by atoms with Gasteiger partial charge in [-0.15, -0.1) is 0 Å². The van der Waals surface area contributed by atoms with E-state index in [0.717, 1.165) is 41.9 Å². The molecule has 6 heteroatoms. The molecule has 1 aromatic carbocycles. The van der Waals surface area contributed by atoms with Gasteiger partial charge in [-0.05, 0) is 11.5 Å². The van der Waals surface area contributed by atoms with Crippen LogP contribution >= 0.6 is 11.8 Å². The Labute approximate surface area is 154 Å². The number of imidazole rings is 1. The van der Waals surface area contributed by atoms with Crippen LogP contribution in [0, 0.1) is 5.92 Å². The number of H-pyrrole nitrogens is 1. The van der Waals surface area contributed by atoms with E-state index in [1.54, 1.807) is 0 Å². The lowest BCUT2D eigenvalue weighted by Crippen LogP contribution is -2.48. The smallest absolute Gasteiger partial charge is 0.194 e.